The molecule has 0 bridgehead atoms. The van der Waals surface area contributed by atoms with Gasteiger partial charge in [-0.1, -0.05) is 55.0 Å². The van der Waals surface area contributed by atoms with Crippen molar-refractivity contribution >= 4 is 46.0 Å². The molecule has 0 aliphatic heterocycles. The van der Waals surface area contributed by atoms with E-state index in [1.807, 2.05) is 18.2 Å². The van der Waals surface area contributed by atoms with Gasteiger partial charge in [0.2, 0.25) is 5.95 Å². The number of halogens is 2. The van der Waals surface area contributed by atoms with E-state index in [-0.39, 0.29) is 17.9 Å². The van der Waals surface area contributed by atoms with Crippen molar-refractivity contribution in [2.75, 3.05) is 26.1 Å². The minimum atomic E-state index is -0.382. The van der Waals surface area contributed by atoms with Crippen LogP contribution >= 0.6 is 23.2 Å². The molecule has 0 radical (unpaired) electrons. The minimum Gasteiger partial charge on any atom is -0.495 e. The maximum Gasteiger partial charge on any atom is 0.295 e. The van der Waals surface area contributed by atoms with Gasteiger partial charge in [0, 0.05) is 35.8 Å². The molecule has 1 aliphatic rings. The number of nitrogens with one attached hydrogen (secondary N) is 2. The van der Waals surface area contributed by atoms with Crippen LogP contribution in [-0.2, 0) is 4.79 Å². The Balaban J connectivity index is 1.61. The zero-order valence-electron chi connectivity index (χ0n) is 20.9. The zero-order valence-corrected chi connectivity index (χ0v) is 22.5. The average Bonchev–Trinajstić information content (AvgIpc) is 2.90. The van der Waals surface area contributed by atoms with Crippen LogP contribution in [0.5, 0.6) is 11.5 Å². The number of carbonyl (C=O) groups is 1. The summed E-state index contributed by atoms with van der Waals surface area (Å²) in [6.07, 6.45) is 13.6. The summed E-state index contributed by atoms with van der Waals surface area (Å²) in [6.45, 7) is 0.531. The van der Waals surface area contributed by atoms with Crippen LogP contribution in [0, 0.1) is 18.3 Å². The lowest BCUT2D eigenvalue weighted by atomic mass is 9.86. The normalized spacial score (nSPS) is 17.8. The first-order valence-electron chi connectivity index (χ1n) is 12.3. The van der Waals surface area contributed by atoms with E-state index in [1.54, 1.807) is 26.5 Å². The van der Waals surface area contributed by atoms with Crippen LogP contribution in [0.15, 0.2) is 30.5 Å². The van der Waals surface area contributed by atoms with Gasteiger partial charge in [-0.15, -0.1) is 6.42 Å². The van der Waals surface area contributed by atoms with Crippen LogP contribution in [0.2, 0.25) is 10.0 Å². The lowest BCUT2D eigenvalue weighted by Crippen LogP contribution is -2.39. The van der Waals surface area contributed by atoms with Crippen molar-refractivity contribution in [3.05, 3.63) is 40.5 Å². The van der Waals surface area contributed by atoms with Gasteiger partial charge in [-0.2, -0.15) is 0 Å². The van der Waals surface area contributed by atoms with Gasteiger partial charge < -0.3 is 20.1 Å². The predicted octanol–water partition coefficient (Wildman–Crippen LogP) is 6.12. The number of carbonyl (C=O) groups excluding carboxylic acids is 1. The quantitative estimate of drug-likeness (QED) is 0.351. The Morgan fingerprint density at radius 3 is 2.46 bits per heavy atom. The first-order chi connectivity index (χ1) is 17.9. The Morgan fingerprint density at radius 2 is 1.78 bits per heavy atom. The van der Waals surface area contributed by atoms with E-state index in [0.29, 0.717) is 39.6 Å². The van der Waals surface area contributed by atoms with Crippen molar-refractivity contribution in [1.29, 1.82) is 0 Å². The van der Waals surface area contributed by atoms with Gasteiger partial charge >= 0.3 is 0 Å². The number of hydrogen-bond donors (Lipinski definition) is 2. The summed E-state index contributed by atoms with van der Waals surface area (Å²) in [4.78, 5) is 21.0. The molecule has 0 spiro atoms. The van der Waals surface area contributed by atoms with Crippen molar-refractivity contribution < 1.29 is 14.3 Å². The standard InChI is InChI=1S/C28H30Cl2N4O3/c1-4-24(35)31-15-18-9-7-5-6-8-10-20(18)33-28-32-16-19-13-17(11-12-21(19)34-28)25-26(29)22(36-2)14-23(37-3)27(25)30/h1,11-14,16,18,20H,5-10,15H2,2-3H3,(H,31,35)(H,32,33,34). The van der Waals surface area contributed by atoms with Crippen molar-refractivity contribution in [2.24, 2.45) is 5.92 Å². The highest BCUT2D eigenvalue weighted by molar-refractivity contribution is 6.41. The number of ether oxygens (including phenoxy) is 2. The molecule has 3 aromatic rings. The topological polar surface area (TPSA) is 85.4 Å². The molecule has 1 heterocycles. The highest BCUT2D eigenvalue weighted by Gasteiger charge is 2.24. The van der Waals surface area contributed by atoms with Crippen LogP contribution in [0.25, 0.3) is 22.0 Å². The van der Waals surface area contributed by atoms with Crippen molar-refractivity contribution in [3.8, 4) is 35.0 Å². The Labute approximate surface area is 227 Å². The van der Waals surface area contributed by atoms with Crippen LogP contribution in [0.3, 0.4) is 0 Å². The van der Waals surface area contributed by atoms with Crippen LogP contribution < -0.4 is 20.1 Å². The molecule has 2 atom stereocenters. The van der Waals surface area contributed by atoms with Crippen molar-refractivity contribution in [2.45, 2.75) is 44.6 Å². The van der Waals surface area contributed by atoms with E-state index in [9.17, 15) is 4.79 Å². The molecule has 4 rings (SSSR count). The molecular formula is C28H30Cl2N4O3. The highest BCUT2D eigenvalue weighted by atomic mass is 35.5. The summed E-state index contributed by atoms with van der Waals surface area (Å²) in [5.74, 6) is 3.49. The van der Waals surface area contributed by atoms with Gasteiger partial charge in [-0.3, -0.25) is 4.79 Å². The first kappa shape index (κ1) is 26.8. The van der Waals surface area contributed by atoms with Crippen molar-refractivity contribution in [3.63, 3.8) is 0 Å². The number of nitrogens with zero attached hydrogens (tertiary/aromatic N) is 2. The van der Waals surface area contributed by atoms with E-state index < -0.39 is 0 Å². The molecule has 1 aromatic heterocycles. The number of amides is 1. The van der Waals surface area contributed by atoms with Crippen molar-refractivity contribution in [1.82, 2.24) is 15.3 Å². The largest absolute Gasteiger partial charge is 0.495 e. The third-order valence-corrected chi connectivity index (χ3v) is 7.57. The fraction of sp³-hybridized carbons (Fsp3) is 0.393. The molecule has 1 fully saturated rings. The maximum atomic E-state index is 11.6. The molecule has 0 saturated heterocycles. The number of terminal acetylenes is 1. The molecule has 1 saturated carbocycles. The summed E-state index contributed by atoms with van der Waals surface area (Å²) >= 11 is 13.2. The number of fused-ring (bicyclic) bond motifs is 1. The van der Waals surface area contributed by atoms with Gasteiger partial charge in [-0.25, -0.2) is 9.97 Å². The van der Waals surface area contributed by atoms with Crippen LogP contribution in [-0.4, -0.2) is 42.7 Å². The van der Waals surface area contributed by atoms with Gasteiger partial charge in [0.25, 0.3) is 5.91 Å². The summed E-state index contributed by atoms with van der Waals surface area (Å²) in [7, 11) is 3.09. The summed E-state index contributed by atoms with van der Waals surface area (Å²) < 4.78 is 10.8. The fourth-order valence-corrected chi connectivity index (χ4v) is 5.55. The Morgan fingerprint density at radius 1 is 1.08 bits per heavy atom. The lowest BCUT2D eigenvalue weighted by Gasteiger charge is -2.30. The minimum absolute atomic E-state index is 0.136. The van der Waals surface area contributed by atoms with Gasteiger partial charge in [-0.05, 0) is 42.4 Å². The van der Waals surface area contributed by atoms with Gasteiger partial charge in [0.05, 0.1) is 29.8 Å². The second kappa shape index (κ2) is 12.4. The van der Waals surface area contributed by atoms with E-state index in [1.165, 1.54) is 12.8 Å². The Kier molecular flexibility index (Phi) is 8.96. The Hall–Kier alpha value is -3.21. The fourth-order valence-electron chi connectivity index (χ4n) is 4.83. The second-order valence-electron chi connectivity index (χ2n) is 9.11. The number of benzene rings is 2. The predicted molar refractivity (Wildman–Crippen MR) is 149 cm³/mol. The maximum absolute atomic E-state index is 11.6. The van der Waals surface area contributed by atoms with Crippen LogP contribution in [0.4, 0.5) is 5.95 Å². The second-order valence-corrected chi connectivity index (χ2v) is 9.86. The molecular weight excluding hydrogens is 511 g/mol. The van der Waals surface area contributed by atoms with Gasteiger partial charge in [0.1, 0.15) is 11.5 Å². The number of anilines is 1. The summed E-state index contributed by atoms with van der Waals surface area (Å²) in [5, 5.41) is 8.02. The lowest BCUT2D eigenvalue weighted by molar-refractivity contribution is -0.115. The molecule has 1 amide bonds. The number of aromatic nitrogens is 2. The molecule has 194 valence electrons. The third-order valence-electron chi connectivity index (χ3n) is 6.82. The first-order valence-corrected chi connectivity index (χ1v) is 13.1. The smallest absolute Gasteiger partial charge is 0.295 e. The van der Waals surface area contributed by atoms with Gasteiger partial charge in [0.15, 0.2) is 0 Å². The average molecular weight is 541 g/mol. The molecule has 9 heteroatoms. The van der Waals surface area contributed by atoms with Crippen LogP contribution in [0.1, 0.15) is 38.5 Å². The molecule has 37 heavy (non-hydrogen) atoms. The molecule has 2 aromatic carbocycles. The zero-order chi connectivity index (χ0) is 26.4. The molecule has 7 nitrogen and oxygen atoms in total. The highest BCUT2D eigenvalue weighted by Crippen LogP contribution is 2.46. The monoisotopic (exact) mass is 540 g/mol. The molecule has 1 aliphatic carbocycles. The summed E-state index contributed by atoms with van der Waals surface area (Å²) in [5.41, 5.74) is 2.20. The number of methoxy groups -OCH3 is 2. The molecule has 2 unspecified atom stereocenters. The van der Waals surface area contributed by atoms with E-state index in [2.05, 4.69) is 21.5 Å². The van der Waals surface area contributed by atoms with E-state index >= 15 is 0 Å². The third kappa shape index (κ3) is 6.20. The number of rotatable bonds is 7. The van der Waals surface area contributed by atoms with E-state index in [0.717, 1.165) is 42.1 Å². The Bertz CT molecular complexity index is 1300. The molecule has 2 N–H and O–H groups in total. The number of hydrogen-bond acceptors (Lipinski definition) is 6. The summed E-state index contributed by atoms with van der Waals surface area (Å²) in [6, 6.07) is 7.57. The van der Waals surface area contributed by atoms with E-state index in [4.69, 9.17) is 44.1 Å². The SMILES string of the molecule is C#CC(=O)NCC1CCCCCCC1Nc1ncc2cc(-c3c(Cl)c(OC)cc(OC)c3Cl)ccc2n1.